The maximum absolute atomic E-state index is 12.7. The van der Waals surface area contributed by atoms with Crippen molar-refractivity contribution < 1.29 is 9.53 Å². The highest BCUT2D eigenvalue weighted by Gasteiger charge is 2.17. The van der Waals surface area contributed by atoms with Crippen LogP contribution in [0.2, 0.25) is 0 Å². The number of hydrogen-bond acceptors (Lipinski definition) is 2. The number of rotatable bonds is 5. The second kappa shape index (κ2) is 7.67. The Kier molecular flexibility index (Phi) is 5.14. The predicted molar refractivity (Wildman–Crippen MR) is 99.9 cm³/mol. The van der Waals surface area contributed by atoms with E-state index in [0.29, 0.717) is 5.56 Å². The zero-order valence-corrected chi connectivity index (χ0v) is 14.4. The van der Waals surface area contributed by atoms with Crippen LogP contribution in [-0.2, 0) is 0 Å². The first-order valence-corrected chi connectivity index (χ1v) is 8.24. The fourth-order valence-corrected chi connectivity index (χ4v) is 2.72. The summed E-state index contributed by atoms with van der Waals surface area (Å²) in [7, 11) is 1.64. The Bertz CT molecular complexity index is 824. The topological polar surface area (TPSA) is 38.3 Å². The van der Waals surface area contributed by atoms with E-state index < -0.39 is 0 Å². The van der Waals surface area contributed by atoms with E-state index in [1.165, 1.54) is 0 Å². The number of carbonyl (C=O) groups excluding carboxylic acids is 1. The van der Waals surface area contributed by atoms with Gasteiger partial charge in [-0.15, -0.1) is 0 Å². The minimum atomic E-state index is -0.221. The summed E-state index contributed by atoms with van der Waals surface area (Å²) in [6.45, 7) is 2.01. The molecule has 126 valence electrons. The quantitative estimate of drug-likeness (QED) is 0.746. The van der Waals surface area contributed by atoms with Crippen LogP contribution in [0.3, 0.4) is 0 Å². The molecule has 3 rings (SSSR count). The van der Waals surface area contributed by atoms with Crippen molar-refractivity contribution in [2.24, 2.45) is 0 Å². The maximum Gasteiger partial charge on any atom is 0.252 e. The van der Waals surface area contributed by atoms with Gasteiger partial charge in [-0.25, -0.2) is 0 Å². The van der Waals surface area contributed by atoms with Crippen molar-refractivity contribution in [3.63, 3.8) is 0 Å². The average Bonchev–Trinajstić information content (AvgIpc) is 2.67. The van der Waals surface area contributed by atoms with Gasteiger partial charge in [-0.05, 0) is 42.3 Å². The van der Waals surface area contributed by atoms with Crippen LogP contribution in [-0.4, -0.2) is 13.0 Å². The van der Waals surface area contributed by atoms with Gasteiger partial charge < -0.3 is 10.1 Å². The summed E-state index contributed by atoms with van der Waals surface area (Å²) in [5, 5.41) is 3.14. The number of hydrogen-bond donors (Lipinski definition) is 1. The Hall–Kier alpha value is -3.07. The number of aryl methyl sites for hydroxylation is 1. The monoisotopic (exact) mass is 331 g/mol. The Balaban J connectivity index is 1.90. The van der Waals surface area contributed by atoms with Crippen LogP contribution in [0, 0.1) is 6.92 Å². The van der Waals surface area contributed by atoms with Crippen LogP contribution in [0.4, 0.5) is 0 Å². The third-order valence-corrected chi connectivity index (χ3v) is 4.17. The van der Waals surface area contributed by atoms with Crippen LogP contribution in [0.5, 0.6) is 5.75 Å². The molecule has 0 unspecified atom stereocenters. The van der Waals surface area contributed by atoms with Crippen molar-refractivity contribution in [1.29, 1.82) is 0 Å². The second-order valence-corrected chi connectivity index (χ2v) is 5.96. The summed E-state index contributed by atoms with van der Waals surface area (Å²) in [6.07, 6.45) is 0. The highest BCUT2D eigenvalue weighted by atomic mass is 16.5. The molecule has 0 saturated carbocycles. The first-order chi connectivity index (χ1) is 12.2. The van der Waals surface area contributed by atoms with Crippen molar-refractivity contribution in [1.82, 2.24) is 5.32 Å². The first kappa shape index (κ1) is 16.8. The standard InChI is InChI=1S/C22H21NO2/c1-16-8-10-19(11-9-16)22(24)23-21(17-6-4-3-5-7-17)18-12-14-20(25-2)15-13-18/h3-15,21H,1-2H3,(H,23,24)/t21-/m1/s1. The van der Waals surface area contributed by atoms with Crippen molar-refractivity contribution in [2.45, 2.75) is 13.0 Å². The fraction of sp³-hybridized carbons (Fsp3) is 0.136. The van der Waals surface area contributed by atoms with Crippen molar-refractivity contribution in [3.05, 3.63) is 101 Å². The molecule has 3 heteroatoms. The van der Waals surface area contributed by atoms with E-state index in [1.54, 1.807) is 7.11 Å². The summed E-state index contributed by atoms with van der Waals surface area (Å²) < 4.78 is 5.23. The third kappa shape index (κ3) is 4.07. The number of carbonyl (C=O) groups is 1. The maximum atomic E-state index is 12.7. The molecule has 0 aliphatic heterocycles. The third-order valence-electron chi connectivity index (χ3n) is 4.17. The molecule has 3 nitrogen and oxygen atoms in total. The SMILES string of the molecule is COc1ccc([C@H](NC(=O)c2ccc(C)cc2)c2ccccc2)cc1. The lowest BCUT2D eigenvalue weighted by molar-refractivity contribution is 0.0943. The molecular formula is C22H21NO2. The molecule has 1 atom stereocenters. The van der Waals surface area contributed by atoms with E-state index >= 15 is 0 Å². The Morgan fingerprint density at radius 1 is 0.840 bits per heavy atom. The van der Waals surface area contributed by atoms with Crippen LogP contribution in [0.1, 0.15) is 33.1 Å². The minimum Gasteiger partial charge on any atom is -0.497 e. The summed E-state index contributed by atoms with van der Waals surface area (Å²) in [6, 6.07) is 25.1. The Morgan fingerprint density at radius 2 is 1.44 bits per heavy atom. The van der Waals surface area contributed by atoms with E-state index in [9.17, 15) is 4.79 Å². The van der Waals surface area contributed by atoms with E-state index in [4.69, 9.17) is 4.74 Å². The first-order valence-electron chi connectivity index (χ1n) is 8.24. The minimum absolute atomic E-state index is 0.0929. The summed E-state index contributed by atoms with van der Waals surface area (Å²) in [5.74, 6) is 0.699. The molecule has 0 spiro atoms. The van der Waals surface area contributed by atoms with Crippen LogP contribution in [0.25, 0.3) is 0 Å². The van der Waals surface area contributed by atoms with Crippen molar-refractivity contribution in [2.75, 3.05) is 7.11 Å². The van der Waals surface area contributed by atoms with E-state index in [-0.39, 0.29) is 11.9 Å². The Labute approximate surface area is 148 Å². The normalized spacial score (nSPS) is 11.6. The number of benzene rings is 3. The zero-order valence-electron chi connectivity index (χ0n) is 14.4. The van der Waals surface area contributed by atoms with E-state index in [2.05, 4.69) is 5.32 Å². The molecule has 1 amide bonds. The fourth-order valence-electron chi connectivity index (χ4n) is 2.72. The van der Waals surface area contributed by atoms with Crippen molar-refractivity contribution >= 4 is 5.91 Å². The summed E-state index contributed by atoms with van der Waals surface area (Å²) >= 11 is 0. The number of ether oxygens (including phenoxy) is 1. The average molecular weight is 331 g/mol. The van der Waals surface area contributed by atoms with Gasteiger partial charge in [0.2, 0.25) is 0 Å². The zero-order chi connectivity index (χ0) is 17.6. The summed E-state index contributed by atoms with van der Waals surface area (Å²) in [4.78, 5) is 12.7. The van der Waals surface area contributed by atoms with Crippen LogP contribution < -0.4 is 10.1 Å². The molecule has 0 aliphatic carbocycles. The second-order valence-electron chi connectivity index (χ2n) is 5.96. The predicted octanol–water partition coefficient (Wildman–Crippen LogP) is 4.52. The van der Waals surface area contributed by atoms with Gasteiger partial charge in [-0.2, -0.15) is 0 Å². The van der Waals surface area contributed by atoms with Gasteiger partial charge in [-0.1, -0.05) is 60.2 Å². The molecular weight excluding hydrogens is 310 g/mol. The highest BCUT2D eigenvalue weighted by Crippen LogP contribution is 2.24. The van der Waals surface area contributed by atoms with Crippen LogP contribution in [0.15, 0.2) is 78.9 Å². The highest BCUT2D eigenvalue weighted by molar-refractivity contribution is 5.94. The summed E-state index contributed by atoms with van der Waals surface area (Å²) in [5.41, 5.74) is 3.83. The van der Waals surface area contributed by atoms with Gasteiger partial charge in [0.05, 0.1) is 13.2 Å². The molecule has 0 aromatic heterocycles. The lowest BCUT2D eigenvalue weighted by atomic mass is 9.98. The number of methoxy groups -OCH3 is 1. The van der Waals surface area contributed by atoms with Gasteiger partial charge in [0.1, 0.15) is 5.75 Å². The molecule has 25 heavy (non-hydrogen) atoms. The van der Waals surface area contributed by atoms with Gasteiger partial charge in [0, 0.05) is 5.56 Å². The molecule has 0 radical (unpaired) electrons. The lowest BCUT2D eigenvalue weighted by Gasteiger charge is -2.20. The molecule has 3 aromatic carbocycles. The number of amides is 1. The molecule has 0 heterocycles. The van der Waals surface area contributed by atoms with Gasteiger partial charge in [-0.3, -0.25) is 4.79 Å². The molecule has 0 fully saturated rings. The molecule has 0 bridgehead atoms. The Morgan fingerprint density at radius 3 is 2.04 bits per heavy atom. The molecule has 1 N–H and O–H groups in total. The van der Waals surface area contributed by atoms with E-state index in [1.807, 2.05) is 85.8 Å². The molecule has 0 saturated heterocycles. The van der Waals surface area contributed by atoms with Gasteiger partial charge in [0.25, 0.3) is 5.91 Å². The van der Waals surface area contributed by atoms with Gasteiger partial charge >= 0.3 is 0 Å². The molecule has 0 aliphatic rings. The number of nitrogens with one attached hydrogen (secondary N) is 1. The van der Waals surface area contributed by atoms with E-state index in [0.717, 1.165) is 22.4 Å². The van der Waals surface area contributed by atoms with Crippen LogP contribution >= 0.6 is 0 Å². The van der Waals surface area contributed by atoms with Gasteiger partial charge in [0.15, 0.2) is 0 Å². The largest absolute Gasteiger partial charge is 0.497 e. The van der Waals surface area contributed by atoms with Crippen molar-refractivity contribution in [3.8, 4) is 5.75 Å². The lowest BCUT2D eigenvalue weighted by Crippen LogP contribution is -2.29. The molecule has 3 aromatic rings. The smallest absolute Gasteiger partial charge is 0.252 e.